The molecular weight excluding hydrogens is 443 g/mol. The number of halogens is 2. The number of amides is 1. The third-order valence-electron chi connectivity index (χ3n) is 4.99. The lowest BCUT2D eigenvalue weighted by atomic mass is 10.1. The van der Waals surface area contributed by atoms with Crippen LogP contribution in [-0.2, 0) is 21.2 Å². The monoisotopic (exact) mass is 466 g/mol. The molecule has 0 radical (unpaired) electrons. The van der Waals surface area contributed by atoms with E-state index in [9.17, 15) is 13.2 Å². The average molecular weight is 467 g/mol. The quantitative estimate of drug-likeness (QED) is 0.558. The predicted octanol–water partition coefficient (Wildman–Crippen LogP) is 4.59. The Morgan fingerprint density at radius 1 is 1.03 bits per heavy atom. The van der Waals surface area contributed by atoms with Crippen LogP contribution >= 0.6 is 23.2 Å². The number of hydrogen-bond donors (Lipinski definition) is 2. The Bertz CT molecular complexity index is 1020. The molecule has 160 valence electrons. The summed E-state index contributed by atoms with van der Waals surface area (Å²) in [6.07, 6.45) is 7.63. The van der Waals surface area contributed by atoms with E-state index >= 15 is 0 Å². The Balaban J connectivity index is 1.47. The lowest BCUT2D eigenvalue weighted by molar-refractivity contribution is -0.116. The molecule has 0 bridgehead atoms. The second-order valence-corrected chi connectivity index (χ2v) is 9.82. The van der Waals surface area contributed by atoms with Crippen LogP contribution in [0.1, 0.15) is 36.8 Å². The largest absolute Gasteiger partial charge is 0.352 e. The summed E-state index contributed by atoms with van der Waals surface area (Å²) < 4.78 is 27.7. The van der Waals surface area contributed by atoms with Crippen LogP contribution in [0, 0.1) is 0 Å². The zero-order chi connectivity index (χ0) is 21.6. The molecule has 2 N–H and O–H groups in total. The van der Waals surface area contributed by atoms with Crippen molar-refractivity contribution in [2.75, 3.05) is 6.54 Å². The topological polar surface area (TPSA) is 75.3 Å². The molecule has 0 atom stereocenters. The van der Waals surface area contributed by atoms with E-state index in [4.69, 9.17) is 23.2 Å². The fourth-order valence-corrected chi connectivity index (χ4v) is 4.95. The van der Waals surface area contributed by atoms with E-state index in [0.717, 1.165) is 36.8 Å². The maximum Gasteiger partial charge on any atom is 0.244 e. The van der Waals surface area contributed by atoms with Gasteiger partial charge in [0.1, 0.15) is 0 Å². The molecule has 0 spiro atoms. The second kappa shape index (κ2) is 10.4. The highest BCUT2D eigenvalue weighted by Gasteiger charge is 2.22. The molecule has 0 heterocycles. The smallest absolute Gasteiger partial charge is 0.244 e. The summed E-state index contributed by atoms with van der Waals surface area (Å²) in [5.41, 5.74) is 1.73. The van der Waals surface area contributed by atoms with E-state index in [1.165, 1.54) is 6.08 Å². The molecule has 0 unspecified atom stereocenters. The number of rotatable bonds is 8. The highest BCUT2D eigenvalue weighted by molar-refractivity contribution is 7.89. The van der Waals surface area contributed by atoms with Gasteiger partial charge in [0.25, 0.3) is 0 Å². The molecule has 0 aliphatic heterocycles. The number of sulfonamides is 1. The molecule has 2 aromatic rings. The number of benzene rings is 2. The van der Waals surface area contributed by atoms with Gasteiger partial charge >= 0.3 is 0 Å². The van der Waals surface area contributed by atoms with Gasteiger partial charge in [0.15, 0.2) is 0 Å². The van der Waals surface area contributed by atoms with Crippen molar-refractivity contribution >= 4 is 45.2 Å². The molecule has 8 heteroatoms. The van der Waals surface area contributed by atoms with Gasteiger partial charge in [-0.05, 0) is 60.7 Å². The minimum absolute atomic E-state index is 0.0434. The fraction of sp³-hybridized carbons (Fsp3) is 0.318. The Morgan fingerprint density at radius 2 is 1.73 bits per heavy atom. The SMILES string of the molecule is O=C(/C=C/c1ccc(Cl)c(Cl)c1)NCCc1ccc(S(=O)(=O)NC2CCCC2)cc1. The molecular formula is C22H24Cl2N2O3S. The Morgan fingerprint density at radius 3 is 2.40 bits per heavy atom. The molecule has 30 heavy (non-hydrogen) atoms. The molecule has 1 amide bonds. The van der Waals surface area contributed by atoms with Crippen molar-refractivity contribution in [3.63, 3.8) is 0 Å². The highest BCUT2D eigenvalue weighted by Crippen LogP contribution is 2.23. The van der Waals surface area contributed by atoms with Crippen molar-refractivity contribution in [1.29, 1.82) is 0 Å². The zero-order valence-electron chi connectivity index (χ0n) is 16.4. The molecule has 1 saturated carbocycles. The Kier molecular flexibility index (Phi) is 7.94. The molecule has 3 rings (SSSR count). The first-order valence-corrected chi connectivity index (χ1v) is 12.1. The molecule has 0 saturated heterocycles. The van der Waals surface area contributed by atoms with Gasteiger partial charge in [0.05, 0.1) is 14.9 Å². The van der Waals surface area contributed by atoms with Gasteiger partial charge in [-0.15, -0.1) is 0 Å². The maximum absolute atomic E-state index is 12.4. The summed E-state index contributed by atoms with van der Waals surface area (Å²) in [4.78, 5) is 12.2. The van der Waals surface area contributed by atoms with E-state index < -0.39 is 10.0 Å². The van der Waals surface area contributed by atoms with Crippen LogP contribution in [0.25, 0.3) is 6.08 Å². The normalized spacial score (nSPS) is 15.0. The molecule has 1 aliphatic rings. The van der Waals surface area contributed by atoms with Crippen molar-refractivity contribution in [2.24, 2.45) is 0 Å². The Labute approximate surface area is 187 Å². The summed E-state index contributed by atoms with van der Waals surface area (Å²) in [6, 6.07) is 12.0. The van der Waals surface area contributed by atoms with Crippen LogP contribution in [0.15, 0.2) is 53.4 Å². The Hall–Kier alpha value is -1.86. The van der Waals surface area contributed by atoms with Crippen LogP contribution in [0.4, 0.5) is 0 Å². The number of carbonyl (C=O) groups is 1. The van der Waals surface area contributed by atoms with E-state index in [2.05, 4.69) is 10.0 Å². The van der Waals surface area contributed by atoms with Gasteiger partial charge in [-0.2, -0.15) is 0 Å². The summed E-state index contributed by atoms with van der Waals surface area (Å²) in [6.45, 7) is 0.441. The third kappa shape index (κ3) is 6.57. The van der Waals surface area contributed by atoms with Gasteiger partial charge in [-0.25, -0.2) is 13.1 Å². The molecule has 2 aromatic carbocycles. The number of nitrogens with one attached hydrogen (secondary N) is 2. The van der Waals surface area contributed by atoms with Crippen LogP contribution < -0.4 is 10.0 Å². The van der Waals surface area contributed by atoms with Crippen LogP contribution in [0.3, 0.4) is 0 Å². The van der Waals surface area contributed by atoms with Gasteiger partial charge in [0.2, 0.25) is 15.9 Å². The molecule has 1 fully saturated rings. The van der Waals surface area contributed by atoms with Gasteiger partial charge in [0, 0.05) is 18.7 Å². The van der Waals surface area contributed by atoms with Crippen LogP contribution in [0.2, 0.25) is 10.0 Å². The predicted molar refractivity (Wildman–Crippen MR) is 121 cm³/mol. The minimum atomic E-state index is -3.48. The molecule has 0 aromatic heterocycles. The second-order valence-electron chi connectivity index (χ2n) is 7.29. The van der Waals surface area contributed by atoms with E-state index in [0.29, 0.717) is 23.0 Å². The van der Waals surface area contributed by atoms with Crippen LogP contribution in [-0.4, -0.2) is 26.9 Å². The van der Waals surface area contributed by atoms with Crippen molar-refractivity contribution < 1.29 is 13.2 Å². The minimum Gasteiger partial charge on any atom is -0.352 e. The standard InChI is InChI=1S/C22H24Cl2N2O3S/c23-20-11-7-17(15-21(20)24)8-12-22(27)25-14-13-16-5-9-19(10-6-16)30(28,29)26-18-3-1-2-4-18/h5-12,15,18,26H,1-4,13-14H2,(H,25,27)/b12-8+. The van der Waals surface area contributed by atoms with E-state index in [-0.39, 0.29) is 16.8 Å². The van der Waals surface area contributed by atoms with Gasteiger partial charge in [-0.3, -0.25) is 4.79 Å². The van der Waals surface area contributed by atoms with Gasteiger partial charge < -0.3 is 5.32 Å². The van der Waals surface area contributed by atoms with Crippen molar-refractivity contribution in [3.05, 3.63) is 69.7 Å². The first-order valence-electron chi connectivity index (χ1n) is 9.86. The van der Waals surface area contributed by atoms with Crippen molar-refractivity contribution in [2.45, 2.75) is 43.0 Å². The van der Waals surface area contributed by atoms with E-state index in [1.54, 1.807) is 48.5 Å². The number of carbonyl (C=O) groups excluding carboxylic acids is 1. The summed E-state index contributed by atoms with van der Waals surface area (Å²) >= 11 is 11.8. The fourth-order valence-electron chi connectivity index (χ4n) is 3.34. The van der Waals surface area contributed by atoms with Crippen LogP contribution in [0.5, 0.6) is 0 Å². The average Bonchev–Trinajstić information content (AvgIpc) is 3.21. The first-order chi connectivity index (χ1) is 14.3. The summed E-state index contributed by atoms with van der Waals surface area (Å²) in [5.74, 6) is -0.221. The lowest BCUT2D eigenvalue weighted by Gasteiger charge is -2.12. The van der Waals surface area contributed by atoms with Crippen molar-refractivity contribution in [1.82, 2.24) is 10.0 Å². The summed E-state index contributed by atoms with van der Waals surface area (Å²) in [5, 5.41) is 3.70. The number of hydrogen-bond acceptors (Lipinski definition) is 3. The lowest BCUT2D eigenvalue weighted by Crippen LogP contribution is -2.32. The van der Waals surface area contributed by atoms with Gasteiger partial charge in [-0.1, -0.05) is 54.2 Å². The highest BCUT2D eigenvalue weighted by atomic mass is 35.5. The molecule has 1 aliphatic carbocycles. The van der Waals surface area contributed by atoms with E-state index in [1.807, 2.05) is 0 Å². The maximum atomic E-state index is 12.4. The van der Waals surface area contributed by atoms with Crippen molar-refractivity contribution in [3.8, 4) is 0 Å². The first kappa shape index (κ1) is 22.8. The zero-order valence-corrected chi connectivity index (χ0v) is 18.7. The molecule has 5 nitrogen and oxygen atoms in total. The summed E-state index contributed by atoms with van der Waals surface area (Å²) in [7, 11) is -3.48. The third-order valence-corrected chi connectivity index (χ3v) is 7.27.